The van der Waals surface area contributed by atoms with E-state index in [4.69, 9.17) is 9.47 Å². The van der Waals surface area contributed by atoms with Crippen molar-refractivity contribution in [3.63, 3.8) is 0 Å². The van der Waals surface area contributed by atoms with Gasteiger partial charge in [-0.15, -0.1) is 0 Å². The SMILES string of the molecule is CCOc1ccc(/C=C(\C#N)C(=O)O[C@@H](C)C(=O)N(C)c2ccccc2)cc1. The fourth-order valence-corrected chi connectivity index (χ4v) is 2.46. The van der Waals surface area contributed by atoms with Crippen LogP contribution in [0.1, 0.15) is 19.4 Å². The normalized spacial score (nSPS) is 11.9. The molecule has 0 unspecified atom stereocenters. The first-order chi connectivity index (χ1) is 13.5. The van der Waals surface area contributed by atoms with Crippen molar-refractivity contribution < 1.29 is 19.1 Å². The first-order valence-corrected chi connectivity index (χ1v) is 8.84. The topological polar surface area (TPSA) is 79.6 Å². The van der Waals surface area contributed by atoms with Gasteiger partial charge in [-0.1, -0.05) is 30.3 Å². The Morgan fingerprint density at radius 1 is 1.14 bits per heavy atom. The van der Waals surface area contributed by atoms with Crippen LogP contribution in [-0.2, 0) is 14.3 Å². The molecule has 2 aromatic carbocycles. The summed E-state index contributed by atoms with van der Waals surface area (Å²) >= 11 is 0. The largest absolute Gasteiger partial charge is 0.494 e. The minimum Gasteiger partial charge on any atom is -0.494 e. The third kappa shape index (κ3) is 5.45. The van der Waals surface area contributed by atoms with Crippen LogP contribution in [0.5, 0.6) is 5.75 Å². The minimum absolute atomic E-state index is 0.189. The van der Waals surface area contributed by atoms with E-state index in [1.165, 1.54) is 17.9 Å². The Bertz CT molecular complexity index is 883. The quantitative estimate of drug-likeness (QED) is 0.418. The van der Waals surface area contributed by atoms with Gasteiger partial charge in [-0.2, -0.15) is 5.26 Å². The van der Waals surface area contributed by atoms with E-state index < -0.39 is 18.0 Å². The number of likely N-dealkylation sites (N-methyl/N-ethyl adjacent to an activating group) is 1. The highest BCUT2D eigenvalue weighted by atomic mass is 16.5. The molecule has 0 saturated heterocycles. The van der Waals surface area contributed by atoms with E-state index >= 15 is 0 Å². The molecule has 144 valence electrons. The second-order valence-corrected chi connectivity index (χ2v) is 5.95. The molecule has 0 radical (unpaired) electrons. The zero-order valence-corrected chi connectivity index (χ0v) is 16.1. The molecule has 0 bridgehead atoms. The van der Waals surface area contributed by atoms with E-state index in [1.807, 2.05) is 31.2 Å². The Labute approximate surface area is 164 Å². The van der Waals surface area contributed by atoms with Gasteiger partial charge in [0.15, 0.2) is 6.10 Å². The molecule has 0 fully saturated rings. The van der Waals surface area contributed by atoms with E-state index in [9.17, 15) is 14.9 Å². The molecule has 0 heterocycles. The highest BCUT2D eigenvalue weighted by Crippen LogP contribution is 2.16. The lowest BCUT2D eigenvalue weighted by Crippen LogP contribution is -2.37. The van der Waals surface area contributed by atoms with Gasteiger partial charge >= 0.3 is 5.97 Å². The number of hydrogen-bond donors (Lipinski definition) is 0. The van der Waals surface area contributed by atoms with Crippen LogP contribution in [0.15, 0.2) is 60.2 Å². The molecule has 0 aliphatic rings. The van der Waals surface area contributed by atoms with E-state index in [0.29, 0.717) is 23.6 Å². The summed E-state index contributed by atoms with van der Waals surface area (Å²) in [5, 5.41) is 9.30. The lowest BCUT2D eigenvalue weighted by Gasteiger charge is -2.21. The number of ether oxygens (including phenoxy) is 2. The van der Waals surface area contributed by atoms with Gasteiger partial charge in [-0.25, -0.2) is 4.79 Å². The molecule has 6 heteroatoms. The van der Waals surface area contributed by atoms with Crippen molar-refractivity contribution in [2.24, 2.45) is 0 Å². The van der Waals surface area contributed by atoms with E-state index in [-0.39, 0.29) is 5.57 Å². The standard InChI is InChI=1S/C22H22N2O4/c1-4-27-20-12-10-17(11-13-20)14-18(15-23)22(26)28-16(2)21(25)24(3)19-8-6-5-7-9-19/h5-14,16H,4H2,1-3H3/b18-14+/t16-/m0/s1. The Hall–Kier alpha value is -3.59. The van der Waals surface area contributed by atoms with Crippen LogP contribution in [0.4, 0.5) is 5.69 Å². The van der Waals surface area contributed by atoms with Gasteiger partial charge in [-0.05, 0) is 49.8 Å². The van der Waals surface area contributed by atoms with Gasteiger partial charge in [0, 0.05) is 12.7 Å². The smallest absolute Gasteiger partial charge is 0.349 e. The molecule has 2 rings (SSSR count). The van der Waals surface area contributed by atoms with Crippen LogP contribution in [0.2, 0.25) is 0 Å². The molecule has 0 aromatic heterocycles. The van der Waals surface area contributed by atoms with Gasteiger partial charge in [0.05, 0.1) is 6.61 Å². The van der Waals surface area contributed by atoms with E-state index in [1.54, 1.807) is 43.4 Å². The maximum Gasteiger partial charge on any atom is 0.349 e. The van der Waals surface area contributed by atoms with Crippen LogP contribution in [0.3, 0.4) is 0 Å². The lowest BCUT2D eigenvalue weighted by molar-refractivity contribution is -0.149. The fourth-order valence-electron chi connectivity index (χ4n) is 2.46. The fraction of sp³-hybridized carbons (Fsp3) is 0.227. The Morgan fingerprint density at radius 3 is 2.36 bits per heavy atom. The van der Waals surface area contributed by atoms with Crippen molar-refractivity contribution in [2.45, 2.75) is 20.0 Å². The molecule has 1 amide bonds. The number of anilines is 1. The zero-order valence-electron chi connectivity index (χ0n) is 16.1. The molecule has 2 aromatic rings. The highest BCUT2D eigenvalue weighted by molar-refractivity contribution is 6.01. The summed E-state index contributed by atoms with van der Waals surface area (Å²) in [7, 11) is 1.60. The first kappa shape index (κ1) is 20.7. The molecule has 0 aliphatic carbocycles. The van der Waals surface area contributed by atoms with E-state index in [2.05, 4.69) is 0 Å². The maximum atomic E-state index is 12.5. The van der Waals surface area contributed by atoms with Crippen LogP contribution in [-0.4, -0.2) is 31.6 Å². The van der Waals surface area contributed by atoms with Gasteiger partial charge < -0.3 is 14.4 Å². The van der Waals surface area contributed by atoms with Crippen molar-refractivity contribution in [1.29, 1.82) is 5.26 Å². The van der Waals surface area contributed by atoms with Crippen molar-refractivity contribution in [3.05, 3.63) is 65.7 Å². The van der Waals surface area contributed by atoms with Crippen LogP contribution in [0.25, 0.3) is 6.08 Å². The summed E-state index contributed by atoms with van der Waals surface area (Å²) in [6.45, 7) is 3.91. The van der Waals surface area contributed by atoms with Gasteiger partial charge in [0.25, 0.3) is 5.91 Å². The number of carbonyl (C=O) groups is 2. The molecule has 28 heavy (non-hydrogen) atoms. The zero-order chi connectivity index (χ0) is 20.5. The van der Waals surface area contributed by atoms with Crippen molar-refractivity contribution in [2.75, 3.05) is 18.6 Å². The number of carbonyl (C=O) groups excluding carboxylic acids is 2. The predicted octanol–water partition coefficient (Wildman–Crippen LogP) is 3.59. The molecular formula is C22H22N2O4. The number of nitriles is 1. The van der Waals surface area contributed by atoms with Crippen LogP contribution >= 0.6 is 0 Å². The van der Waals surface area contributed by atoms with Crippen molar-refractivity contribution >= 4 is 23.6 Å². The minimum atomic E-state index is -1.03. The Balaban J connectivity index is 2.06. The summed E-state index contributed by atoms with van der Waals surface area (Å²) < 4.78 is 10.6. The molecular weight excluding hydrogens is 356 g/mol. The summed E-state index contributed by atoms with van der Waals surface area (Å²) in [6.07, 6.45) is 0.380. The third-order valence-electron chi connectivity index (χ3n) is 3.95. The number of amides is 1. The summed E-state index contributed by atoms with van der Waals surface area (Å²) in [6, 6.07) is 17.8. The van der Waals surface area contributed by atoms with Crippen molar-refractivity contribution in [3.8, 4) is 11.8 Å². The number of benzene rings is 2. The molecule has 1 atom stereocenters. The molecule has 6 nitrogen and oxygen atoms in total. The molecule has 0 N–H and O–H groups in total. The second kappa shape index (κ2) is 9.93. The Kier molecular flexibility index (Phi) is 7.35. The Morgan fingerprint density at radius 2 is 1.79 bits per heavy atom. The maximum absolute atomic E-state index is 12.5. The highest BCUT2D eigenvalue weighted by Gasteiger charge is 2.24. The monoisotopic (exact) mass is 378 g/mol. The number of esters is 1. The first-order valence-electron chi connectivity index (χ1n) is 8.84. The lowest BCUT2D eigenvalue weighted by atomic mass is 10.1. The molecule has 0 aliphatic heterocycles. The van der Waals surface area contributed by atoms with Crippen LogP contribution < -0.4 is 9.64 Å². The van der Waals surface area contributed by atoms with Gasteiger partial charge in [0.2, 0.25) is 0 Å². The van der Waals surface area contributed by atoms with Crippen molar-refractivity contribution in [1.82, 2.24) is 0 Å². The summed E-state index contributed by atoms with van der Waals surface area (Å²) in [4.78, 5) is 26.2. The predicted molar refractivity (Wildman–Crippen MR) is 107 cm³/mol. The number of hydrogen-bond acceptors (Lipinski definition) is 5. The third-order valence-corrected chi connectivity index (χ3v) is 3.95. The average Bonchev–Trinajstić information content (AvgIpc) is 2.72. The average molecular weight is 378 g/mol. The van der Waals surface area contributed by atoms with Crippen LogP contribution in [0, 0.1) is 11.3 Å². The molecule has 0 saturated carbocycles. The number of rotatable bonds is 7. The second-order valence-electron chi connectivity index (χ2n) is 5.95. The van der Waals surface area contributed by atoms with E-state index in [0.717, 1.165) is 0 Å². The number of nitrogens with zero attached hydrogens (tertiary/aromatic N) is 2. The number of para-hydroxylation sites is 1. The molecule has 0 spiro atoms. The van der Waals surface area contributed by atoms with Gasteiger partial charge in [-0.3, -0.25) is 4.79 Å². The van der Waals surface area contributed by atoms with Gasteiger partial charge in [0.1, 0.15) is 17.4 Å². The summed E-state index contributed by atoms with van der Waals surface area (Å²) in [5.74, 6) is -0.541. The summed E-state index contributed by atoms with van der Waals surface area (Å²) in [5.41, 5.74) is 1.14.